The Morgan fingerprint density at radius 2 is 1.85 bits per heavy atom. The number of ketones is 1. The van der Waals surface area contributed by atoms with E-state index in [-0.39, 0.29) is 5.78 Å². The van der Waals surface area contributed by atoms with Gasteiger partial charge in [-0.3, -0.25) is 4.79 Å². The van der Waals surface area contributed by atoms with Crippen molar-refractivity contribution < 1.29 is 9.21 Å². The van der Waals surface area contributed by atoms with Crippen molar-refractivity contribution in [2.75, 3.05) is 0 Å². The van der Waals surface area contributed by atoms with E-state index in [1.165, 1.54) is 0 Å². The highest BCUT2D eigenvalue weighted by Gasteiger charge is 2.20. The zero-order valence-corrected chi connectivity index (χ0v) is 12.0. The summed E-state index contributed by atoms with van der Waals surface area (Å²) in [7, 11) is 0. The summed E-state index contributed by atoms with van der Waals surface area (Å²) in [4.78, 5) is 12.6. The van der Waals surface area contributed by atoms with Gasteiger partial charge in [-0.15, -0.1) is 0 Å². The number of furan rings is 1. The van der Waals surface area contributed by atoms with Crippen molar-refractivity contribution in [3.8, 4) is 0 Å². The Morgan fingerprint density at radius 3 is 2.60 bits per heavy atom. The van der Waals surface area contributed by atoms with Gasteiger partial charge in [0.1, 0.15) is 5.58 Å². The van der Waals surface area contributed by atoms with Gasteiger partial charge < -0.3 is 4.42 Å². The van der Waals surface area contributed by atoms with E-state index in [0.717, 1.165) is 16.5 Å². The number of rotatable bonds is 2. The maximum atomic E-state index is 12.6. The van der Waals surface area contributed by atoms with Gasteiger partial charge in [0.25, 0.3) is 0 Å². The zero-order valence-electron chi connectivity index (χ0n) is 11.2. The third-order valence-corrected chi connectivity index (χ3v) is 3.73. The number of hydrogen-bond acceptors (Lipinski definition) is 2. The Morgan fingerprint density at radius 1 is 1.10 bits per heavy atom. The molecule has 20 heavy (non-hydrogen) atoms. The van der Waals surface area contributed by atoms with E-state index in [4.69, 9.17) is 16.0 Å². The van der Waals surface area contributed by atoms with E-state index in [1.54, 1.807) is 12.1 Å². The van der Waals surface area contributed by atoms with Crippen LogP contribution in [0.1, 0.15) is 27.2 Å². The van der Waals surface area contributed by atoms with Crippen molar-refractivity contribution in [3.05, 3.63) is 69.9 Å². The highest BCUT2D eigenvalue weighted by Crippen LogP contribution is 2.29. The quantitative estimate of drug-likeness (QED) is 0.624. The monoisotopic (exact) mass is 284 g/mol. The summed E-state index contributed by atoms with van der Waals surface area (Å²) < 4.78 is 5.72. The normalized spacial score (nSPS) is 10.9. The fraction of sp³-hybridized carbons (Fsp3) is 0.118. The minimum Gasteiger partial charge on any atom is -0.452 e. The Balaban J connectivity index is 2.18. The maximum Gasteiger partial charge on any atom is 0.228 e. The number of halogens is 1. The summed E-state index contributed by atoms with van der Waals surface area (Å²) in [6.45, 7) is 3.80. The van der Waals surface area contributed by atoms with Gasteiger partial charge in [0, 0.05) is 21.5 Å². The van der Waals surface area contributed by atoms with Crippen LogP contribution in [0.25, 0.3) is 11.0 Å². The molecule has 0 spiro atoms. The number of hydrogen-bond donors (Lipinski definition) is 0. The van der Waals surface area contributed by atoms with Crippen LogP contribution >= 0.6 is 11.6 Å². The summed E-state index contributed by atoms with van der Waals surface area (Å²) in [5.74, 6) is 0.296. The summed E-state index contributed by atoms with van der Waals surface area (Å²) in [6.07, 6.45) is 0. The summed E-state index contributed by atoms with van der Waals surface area (Å²) >= 11 is 6.00. The molecule has 0 aliphatic rings. The molecule has 2 nitrogen and oxygen atoms in total. The molecule has 3 heteroatoms. The highest BCUT2D eigenvalue weighted by atomic mass is 35.5. The highest BCUT2D eigenvalue weighted by molar-refractivity contribution is 6.31. The molecule has 0 saturated carbocycles. The summed E-state index contributed by atoms with van der Waals surface area (Å²) in [6, 6.07) is 12.9. The number of carbonyl (C=O) groups is 1. The minimum atomic E-state index is -0.0899. The minimum absolute atomic E-state index is 0.0899. The lowest BCUT2D eigenvalue weighted by Crippen LogP contribution is -2.03. The van der Waals surface area contributed by atoms with Gasteiger partial charge >= 0.3 is 0 Å². The molecule has 0 saturated heterocycles. The van der Waals surface area contributed by atoms with Gasteiger partial charge in [-0.25, -0.2) is 0 Å². The van der Waals surface area contributed by atoms with Crippen molar-refractivity contribution in [1.29, 1.82) is 0 Å². The second kappa shape index (κ2) is 4.80. The molecule has 0 fully saturated rings. The average molecular weight is 285 g/mol. The van der Waals surface area contributed by atoms with Crippen LogP contribution in [0, 0.1) is 13.8 Å². The molecule has 0 radical (unpaired) electrons. The molecule has 3 aromatic rings. The van der Waals surface area contributed by atoms with E-state index in [2.05, 4.69) is 0 Å². The largest absolute Gasteiger partial charge is 0.452 e. The summed E-state index contributed by atoms with van der Waals surface area (Å²) in [5, 5.41) is 1.52. The maximum absolute atomic E-state index is 12.6. The average Bonchev–Trinajstić information content (AvgIpc) is 2.76. The molecular formula is C17H13ClO2. The third-order valence-electron chi connectivity index (χ3n) is 3.49. The molecule has 0 unspecified atom stereocenters. The van der Waals surface area contributed by atoms with E-state index in [9.17, 15) is 4.79 Å². The fourth-order valence-corrected chi connectivity index (χ4v) is 2.53. The van der Waals surface area contributed by atoms with Gasteiger partial charge in [-0.05, 0) is 37.6 Å². The van der Waals surface area contributed by atoms with Crippen molar-refractivity contribution in [3.63, 3.8) is 0 Å². The lowest BCUT2D eigenvalue weighted by Gasteiger charge is -2.02. The molecule has 1 heterocycles. The molecular weight excluding hydrogens is 272 g/mol. The van der Waals surface area contributed by atoms with E-state index in [0.29, 0.717) is 21.9 Å². The van der Waals surface area contributed by atoms with E-state index < -0.39 is 0 Å². The van der Waals surface area contributed by atoms with Gasteiger partial charge in [-0.2, -0.15) is 0 Å². The molecule has 2 aromatic carbocycles. The third kappa shape index (κ3) is 2.02. The number of carbonyl (C=O) groups excluding carboxylic acids is 1. The van der Waals surface area contributed by atoms with Crippen LogP contribution in [-0.4, -0.2) is 5.78 Å². The molecule has 0 N–H and O–H groups in total. The molecule has 0 bridgehead atoms. The van der Waals surface area contributed by atoms with Crippen LogP contribution in [0.5, 0.6) is 0 Å². The predicted octanol–water partition coefficient (Wildman–Crippen LogP) is 4.93. The Labute approximate surface area is 122 Å². The zero-order chi connectivity index (χ0) is 14.3. The molecule has 0 amide bonds. The fourth-order valence-electron chi connectivity index (χ4n) is 2.36. The number of fused-ring (bicyclic) bond motifs is 1. The first-order chi connectivity index (χ1) is 9.58. The van der Waals surface area contributed by atoms with Gasteiger partial charge in [0.2, 0.25) is 5.78 Å². The Bertz CT molecular complexity index is 815. The summed E-state index contributed by atoms with van der Waals surface area (Å²) in [5.41, 5.74) is 3.12. The molecule has 0 aliphatic carbocycles. The number of aryl methyl sites for hydroxylation is 2. The second-order valence-electron chi connectivity index (χ2n) is 4.84. The van der Waals surface area contributed by atoms with Crippen LogP contribution in [0.4, 0.5) is 0 Å². The van der Waals surface area contributed by atoms with Crippen LogP contribution in [-0.2, 0) is 0 Å². The number of benzene rings is 2. The molecule has 0 aliphatic heterocycles. The molecule has 1 aromatic heterocycles. The topological polar surface area (TPSA) is 30.2 Å². The van der Waals surface area contributed by atoms with Gasteiger partial charge in [0.15, 0.2) is 5.76 Å². The standard InChI is InChI=1S/C17H13ClO2/c1-10-5-3-4-6-13(10)16(19)17-11(2)14-9-12(18)7-8-15(14)20-17/h3-9H,1-2H3. The van der Waals surface area contributed by atoms with Crippen LogP contribution in [0.3, 0.4) is 0 Å². The van der Waals surface area contributed by atoms with Crippen molar-refractivity contribution in [2.24, 2.45) is 0 Å². The lowest BCUT2D eigenvalue weighted by molar-refractivity contribution is 0.101. The Kier molecular flexibility index (Phi) is 3.11. The van der Waals surface area contributed by atoms with Crippen LogP contribution < -0.4 is 0 Å². The van der Waals surface area contributed by atoms with E-state index >= 15 is 0 Å². The SMILES string of the molecule is Cc1ccccc1C(=O)c1oc2ccc(Cl)cc2c1C. The van der Waals surface area contributed by atoms with Gasteiger partial charge in [-0.1, -0.05) is 35.9 Å². The van der Waals surface area contributed by atoms with E-state index in [1.807, 2.05) is 44.2 Å². The van der Waals surface area contributed by atoms with Crippen LogP contribution in [0.15, 0.2) is 46.9 Å². The predicted molar refractivity (Wildman–Crippen MR) is 80.6 cm³/mol. The lowest BCUT2D eigenvalue weighted by atomic mass is 10.0. The molecule has 0 atom stereocenters. The van der Waals surface area contributed by atoms with Crippen molar-refractivity contribution in [1.82, 2.24) is 0 Å². The van der Waals surface area contributed by atoms with Crippen molar-refractivity contribution >= 4 is 28.4 Å². The van der Waals surface area contributed by atoms with Crippen molar-refractivity contribution in [2.45, 2.75) is 13.8 Å². The first-order valence-corrected chi connectivity index (χ1v) is 6.74. The van der Waals surface area contributed by atoms with Crippen LogP contribution in [0.2, 0.25) is 5.02 Å². The second-order valence-corrected chi connectivity index (χ2v) is 5.28. The first kappa shape index (κ1) is 12.9. The smallest absolute Gasteiger partial charge is 0.228 e. The Hall–Kier alpha value is -2.06. The molecule has 3 rings (SSSR count). The van der Waals surface area contributed by atoms with Gasteiger partial charge in [0.05, 0.1) is 0 Å². The molecule has 100 valence electrons. The first-order valence-electron chi connectivity index (χ1n) is 6.37.